The Balaban J connectivity index is 2.23. The SMILES string of the molecule is C=C(/C(Cl)=C(/c1nc2cc(-c3ccccc3Cl)nc(OC)c2[nH]1)N(C)N)C(C)(C)C. The van der Waals surface area contributed by atoms with Crippen LogP contribution in [0.25, 0.3) is 28.0 Å². The Morgan fingerprint density at radius 3 is 2.47 bits per heavy atom. The van der Waals surface area contributed by atoms with E-state index in [2.05, 4.69) is 16.5 Å². The first-order valence-electron chi connectivity index (χ1n) is 9.32. The topological polar surface area (TPSA) is 80.1 Å². The first kappa shape index (κ1) is 22.2. The lowest BCUT2D eigenvalue weighted by Gasteiger charge is -2.25. The van der Waals surface area contributed by atoms with Crippen LogP contribution in [0.5, 0.6) is 5.88 Å². The number of hydrogen-bond acceptors (Lipinski definition) is 5. The van der Waals surface area contributed by atoms with Crippen LogP contribution in [0.3, 0.4) is 0 Å². The number of ether oxygens (including phenoxy) is 1. The molecule has 158 valence electrons. The van der Waals surface area contributed by atoms with Crippen LogP contribution >= 0.6 is 23.2 Å². The van der Waals surface area contributed by atoms with Crippen molar-refractivity contribution >= 4 is 39.9 Å². The molecule has 0 fully saturated rings. The minimum absolute atomic E-state index is 0.235. The molecular weight excluding hydrogens is 421 g/mol. The number of pyridine rings is 1. The molecule has 0 saturated carbocycles. The van der Waals surface area contributed by atoms with E-state index in [1.807, 2.05) is 51.1 Å². The van der Waals surface area contributed by atoms with Gasteiger partial charge in [0.1, 0.15) is 11.2 Å². The number of methoxy groups -OCH3 is 1. The highest BCUT2D eigenvalue weighted by Crippen LogP contribution is 2.38. The molecule has 0 unspecified atom stereocenters. The molecule has 0 spiro atoms. The minimum atomic E-state index is -0.235. The smallest absolute Gasteiger partial charge is 0.240 e. The van der Waals surface area contributed by atoms with E-state index in [4.69, 9.17) is 38.8 Å². The number of halogens is 2. The number of nitrogens with one attached hydrogen (secondary N) is 1. The first-order valence-corrected chi connectivity index (χ1v) is 10.1. The zero-order chi connectivity index (χ0) is 22.2. The molecule has 30 heavy (non-hydrogen) atoms. The summed E-state index contributed by atoms with van der Waals surface area (Å²) in [6, 6.07) is 9.32. The maximum atomic E-state index is 6.69. The number of nitrogens with zero attached hydrogens (tertiary/aromatic N) is 3. The van der Waals surface area contributed by atoms with E-state index in [-0.39, 0.29) is 5.41 Å². The van der Waals surface area contributed by atoms with Crippen molar-refractivity contribution in [2.45, 2.75) is 20.8 Å². The number of rotatable bonds is 5. The highest BCUT2D eigenvalue weighted by atomic mass is 35.5. The third kappa shape index (κ3) is 4.17. The number of fused-ring (bicyclic) bond motifs is 1. The van der Waals surface area contributed by atoms with Crippen molar-refractivity contribution < 1.29 is 4.74 Å². The van der Waals surface area contributed by atoms with Crippen LogP contribution in [0.4, 0.5) is 0 Å². The van der Waals surface area contributed by atoms with Crippen molar-refractivity contribution in [3.8, 4) is 17.1 Å². The Morgan fingerprint density at radius 1 is 1.23 bits per heavy atom. The molecule has 1 aromatic carbocycles. The van der Waals surface area contributed by atoms with Crippen molar-refractivity contribution in [1.29, 1.82) is 0 Å². The zero-order valence-corrected chi connectivity index (χ0v) is 19.2. The summed E-state index contributed by atoms with van der Waals surface area (Å²) >= 11 is 13.0. The second-order valence-electron chi connectivity index (χ2n) is 7.98. The summed E-state index contributed by atoms with van der Waals surface area (Å²) in [4.78, 5) is 12.6. The quantitative estimate of drug-likeness (QED) is 0.303. The lowest BCUT2D eigenvalue weighted by Crippen LogP contribution is -2.26. The molecule has 0 bridgehead atoms. The second-order valence-corrected chi connectivity index (χ2v) is 8.76. The molecule has 0 aliphatic carbocycles. The number of hydrogen-bond donors (Lipinski definition) is 2. The third-order valence-corrected chi connectivity index (χ3v) is 5.48. The van der Waals surface area contributed by atoms with Gasteiger partial charge in [-0.05, 0) is 23.1 Å². The van der Waals surface area contributed by atoms with Gasteiger partial charge in [0.15, 0.2) is 5.82 Å². The number of H-pyrrole nitrogens is 1. The number of nitrogens with two attached hydrogens (primary N) is 1. The molecule has 2 heterocycles. The summed E-state index contributed by atoms with van der Waals surface area (Å²) in [5, 5.41) is 2.45. The van der Waals surface area contributed by atoms with Crippen LogP contribution in [-0.4, -0.2) is 34.1 Å². The Bertz CT molecular complexity index is 1140. The van der Waals surface area contributed by atoms with Crippen LogP contribution < -0.4 is 10.6 Å². The molecule has 0 aliphatic rings. The normalized spacial score (nSPS) is 12.7. The van der Waals surface area contributed by atoms with Crippen LogP contribution in [-0.2, 0) is 0 Å². The Hall–Kier alpha value is -2.54. The number of aromatic amines is 1. The van der Waals surface area contributed by atoms with Crippen molar-refractivity contribution in [3.63, 3.8) is 0 Å². The van der Waals surface area contributed by atoms with E-state index in [1.54, 1.807) is 14.2 Å². The van der Waals surface area contributed by atoms with Crippen LogP contribution in [0.1, 0.15) is 26.6 Å². The van der Waals surface area contributed by atoms with E-state index in [0.29, 0.717) is 44.2 Å². The van der Waals surface area contributed by atoms with Gasteiger partial charge in [0, 0.05) is 17.6 Å². The molecular formula is C22H25Cl2N5O. The lowest BCUT2D eigenvalue weighted by molar-refractivity contribution is 0.403. The van der Waals surface area contributed by atoms with E-state index < -0.39 is 0 Å². The fraction of sp³-hybridized carbons (Fsp3) is 0.273. The summed E-state index contributed by atoms with van der Waals surface area (Å²) in [5.74, 6) is 6.99. The molecule has 3 N–H and O–H groups in total. The molecule has 8 heteroatoms. The van der Waals surface area contributed by atoms with Crippen LogP contribution in [0.2, 0.25) is 5.02 Å². The average molecular weight is 446 g/mol. The predicted octanol–water partition coefficient (Wildman–Crippen LogP) is 5.60. The molecule has 0 radical (unpaired) electrons. The van der Waals surface area contributed by atoms with Gasteiger partial charge in [0.05, 0.1) is 23.4 Å². The number of allylic oxidation sites excluding steroid dienone is 2. The molecule has 6 nitrogen and oxygen atoms in total. The summed E-state index contributed by atoms with van der Waals surface area (Å²) in [6.45, 7) is 10.2. The van der Waals surface area contributed by atoms with Gasteiger partial charge in [-0.25, -0.2) is 15.8 Å². The molecule has 0 atom stereocenters. The Kier molecular flexibility index (Phi) is 6.13. The van der Waals surface area contributed by atoms with Crippen LogP contribution in [0.15, 0.2) is 47.5 Å². The van der Waals surface area contributed by atoms with E-state index in [0.717, 1.165) is 11.1 Å². The standard InChI is InChI=1S/C22H25Cl2N5O/c1-12(22(2,3)4)17(24)19(29(5)25)20-26-16-11-15(13-9-7-8-10-14(13)23)27-21(30-6)18(16)28-20/h7-11H,1,25H2,2-6H3,(H,26,28)/b19-17+. The highest BCUT2D eigenvalue weighted by molar-refractivity contribution is 6.35. The Labute approximate surface area is 186 Å². The van der Waals surface area contributed by atoms with Crippen molar-refractivity contribution in [3.05, 3.63) is 58.4 Å². The summed E-state index contributed by atoms with van der Waals surface area (Å²) in [7, 11) is 3.25. The number of benzene rings is 1. The van der Waals surface area contributed by atoms with E-state index in [1.165, 1.54) is 5.01 Å². The molecule has 3 aromatic rings. The van der Waals surface area contributed by atoms with E-state index in [9.17, 15) is 0 Å². The van der Waals surface area contributed by atoms with E-state index >= 15 is 0 Å². The predicted molar refractivity (Wildman–Crippen MR) is 124 cm³/mol. The van der Waals surface area contributed by atoms with Crippen molar-refractivity contribution in [1.82, 2.24) is 20.0 Å². The van der Waals surface area contributed by atoms with Gasteiger partial charge in [0.25, 0.3) is 0 Å². The number of aromatic nitrogens is 3. The fourth-order valence-electron chi connectivity index (χ4n) is 2.95. The minimum Gasteiger partial charge on any atom is -0.479 e. The van der Waals surface area contributed by atoms with Gasteiger partial charge in [0.2, 0.25) is 5.88 Å². The average Bonchev–Trinajstić information content (AvgIpc) is 3.09. The van der Waals surface area contributed by atoms with Gasteiger partial charge in [-0.2, -0.15) is 0 Å². The largest absolute Gasteiger partial charge is 0.479 e. The first-order chi connectivity index (χ1) is 14.0. The van der Waals surface area contributed by atoms with Gasteiger partial charge in [-0.3, -0.25) is 0 Å². The monoisotopic (exact) mass is 445 g/mol. The van der Waals surface area contributed by atoms with Gasteiger partial charge >= 0.3 is 0 Å². The maximum Gasteiger partial charge on any atom is 0.240 e. The Morgan fingerprint density at radius 2 is 1.90 bits per heavy atom. The zero-order valence-electron chi connectivity index (χ0n) is 17.7. The third-order valence-electron chi connectivity index (χ3n) is 4.74. The molecule has 3 rings (SSSR count). The molecule has 0 saturated heterocycles. The summed E-state index contributed by atoms with van der Waals surface area (Å²) in [5.41, 5.74) is 3.76. The summed E-state index contributed by atoms with van der Waals surface area (Å²) in [6.07, 6.45) is 0. The molecule has 0 aliphatic heterocycles. The maximum absolute atomic E-state index is 6.69. The van der Waals surface area contributed by atoms with Crippen molar-refractivity contribution in [2.75, 3.05) is 14.2 Å². The second kappa shape index (κ2) is 8.30. The lowest BCUT2D eigenvalue weighted by atomic mass is 9.87. The van der Waals surface area contributed by atoms with Crippen LogP contribution in [0, 0.1) is 5.41 Å². The number of hydrazine groups is 1. The number of imidazole rings is 1. The van der Waals surface area contributed by atoms with Gasteiger partial charge < -0.3 is 14.7 Å². The highest BCUT2D eigenvalue weighted by Gasteiger charge is 2.25. The van der Waals surface area contributed by atoms with Gasteiger partial charge in [-0.15, -0.1) is 0 Å². The van der Waals surface area contributed by atoms with Crippen molar-refractivity contribution in [2.24, 2.45) is 11.3 Å². The molecule has 2 aromatic heterocycles. The van der Waals surface area contributed by atoms with Gasteiger partial charge in [-0.1, -0.05) is 68.8 Å². The summed E-state index contributed by atoms with van der Waals surface area (Å²) < 4.78 is 5.51. The fourth-order valence-corrected chi connectivity index (χ4v) is 3.68. The molecule has 0 amide bonds.